The molecule has 0 aromatic rings. The zero-order valence-corrected chi connectivity index (χ0v) is 11.6. The van der Waals surface area contributed by atoms with Gasteiger partial charge in [0.25, 0.3) is 0 Å². The molecule has 0 radical (unpaired) electrons. The third-order valence-electron chi connectivity index (χ3n) is 2.15. The minimum atomic E-state index is -1.01. The fourth-order valence-corrected chi connectivity index (χ4v) is 1.46. The summed E-state index contributed by atoms with van der Waals surface area (Å²) >= 11 is 0. The molecule has 0 aromatic carbocycles. The van der Waals surface area contributed by atoms with E-state index >= 15 is 0 Å². The minimum Gasteiger partial charge on any atom is -0.480 e. The Morgan fingerprint density at radius 2 is 1.89 bits per heavy atom. The van der Waals surface area contributed by atoms with Crippen molar-refractivity contribution in [3.8, 4) is 0 Å². The smallest absolute Gasteiger partial charge is 0.321 e. The zero-order valence-electron chi connectivity index (χ0n) is 11.6. The molecule has 0 aliphatic rings. The summed E-state index contributed by atoms with van der Waals surface area (Å²) < 4.78 is 9.98. The summed E-state index contributed by atoms with van der Waals surface area (Å²) in [7, 11) is 1.50. The maximum Gasteiger partial charge on any atom is 0.321 e. The number of aliphatic carboxylic acids is 1. The van der Waals surface area contributed by atoms with Gasteiger partial charge in [-0.3, -0.25) is 14.9 Å². The van der Waals surface area contributed by atoms with Crippen molar-refractivity contribution in [2.45, 2.75) is 39.3 Å². The van der Waals surface area contributed by atoms with Crippen LogP contribution in [0.5, 0.6) is 0 Å². The number of methoxy groups -OCH3 is 1. The number of esters is 1. The van der Waals surface area contributed by atoms with Crippen molar-refractivity contribution in [3.63, 3.8) is 0 Å². The van der Waals surface area contributed by atoms with Crippen molar-refractivity contribution in [3.05, 3.63) is 0 Å². The van der Waals surface area contributed by atoms with Crippen LogP contribution < -0.4 is 5.32 Å². The third-order valence-corrected chi connectivity index (χ3v) is 2.15. The first-order chi connectivity index (χ1) is 8.17. The van der Waals surface area contributed by atoms with Gasteiger partial charge in [0.1, 0.15) is 11.6 Å². The van der Waals surface area contributed by atoms with Crippen LogP contribution in [0.1, 0.15) is 27.7 Å². The highest BCUT2D eigenvalue weighted by molar-refractivity contribution is 5.76. The van der Waals surface area contributed by atoms with Gasteiger partial charge in [-0.05, 0) is 20.8 Å². The summed E-state index contributed by atoms with van der Waals surface area (Å²) in [5.74, 6) is -1.73. The van der Waals surface area contributed by atoms with Gasteiger partial charge in [0.15, 0.2) is 0 Å². The van der Waals surface area contributed by atoms with Gasteiger partial charge in [-0.15, -0.1) is 0 Å². The Bertz CT molecular complexity index is 285. The molecule has 0 heterocycles. The van der Waals surface area contributed by atoms with E-state index in [0.717, 1.165) is 0 Å². The molecule has 0 bridgehead atoms. The minimum absolute atomic E-state index is 0.137. The second-order valence-electron chi connectivity index (χ2n) is 5.22. The fraction of sp³-hybridized carbons (Fsp3) is 0.833. The number of carboxylic acids is 1. The Labute approximate surface area is 108 Å². The van der Waals surface area contributed by atoms with Crippen molar-refractivity contribution in [2.75, 3.05) is 20.3 Å². The molecule has 2 N–H and O–H groups in total. The van der Waals surface area contributed by atoms with Crippen LogP contribution in [0.4, 0.5) is 0 Å². The predicted octanol–water partition coefficient (Wildman–Crippen LogP) is 0.653. The number of carboxylic acid groups (broad SMARTS) is 1. The molecule has 0 amide bonds. The molecule has 0 aliphatic heterocycles. The molecular weight excluding hydrogens is 238 g/mol. The summed E-state index contributed by atoms with van der Waals surface area (Å²) in [5, 5.41) is 11.7. The van der Waals surface area contributed by atoms with E-state index in [9.17, 15) is 9.59 Å². The van der Waals surface area contributed by atoms with E-state index < -0.39 is 23.6 Å². The zero-order chi connectivity index (χ0) is 14.3. The monoisotopic (exact) mass is 261 g/mol. The highest BCUT2D eigenvalue weighted by atomic mass is 16.6. The van der Waals surface area contributed by atoms with Crippen LogP contribution in [0.15, 0.2) is 0 Å². The van der Waals surface area contributed by atoms with Gasteiger partial charge in [0.05, 0.1) is 13.2 Å². The first-order valence-corrected chi connectivity index (χ1v) is 5.84. The Hall–Kier alpha value is -1.14. The second kappa shape index (κ2) is 7.33. The lowest BCUT2D eigenvalue weighted by Gasteiger charge is -2.23. The molecule has 0 spiro atoms. The number of carbonyl (C=O) groups is 2. The Morgan fingerprint density at radius 1 is 1.33 bits per heavy atom. The molecule has 0 aliphatic carbocycles. The Kier molecular flexibility index (Phi) is 6.86. The van der Waals surface area contributed by atoms with Crippen LogP contribution in [-0.2, 0) is 19.1 Å². The standard InChI is InChI=1S/C12H23NO5/c1-8(7-17-5)10(11(15)16)13-6-9(14)18-12(2,3)4/h8,10,13H,6-7H2,1-5H3,(H,15,16)/t8-,10-/m0/s1. The van der Waals surface area contributed by atoms with E-state index in [1.54, 1.807) is 27.7 Å². The highest BCUT2D eigenvalue weighted by Crippen LogP contribution is 2.07. The fourth-order valence-electron chi connectivity index (χ4n) is 1.46. The van der Waals surface area contributed by atoms with Crippen molar-refractivity contribution < 1.29 is 24.2 Å². The number of rotatable bonds is 7. The average molecular weight is 261 g/mol. The van der Waals surface area contributed by atoms with Crippen molar-refractivity contribution in [1.29, 1.82) is 0 Å². The maximum atomic E-state index is 11.5. The van der Waals surface area contributed by atoms with Crippen molar-refractivity contribution in [2.24, 2.45) is 5.92 Å². The molecule has 2 atom stereocenters. The van der Waals surface area contributed by atoms with E-state index in [-0.39, 0.29) is 12.5 Å². The normalized spacial score (nSPS) is 14.9. The molecule has 0 fully saturated rings. The van der Waals surface area contributed by atoms with Gasteiger partial charge in [-0.25, -0.2) is 0 Å². The third kappa shape index (κ3) is 7.24. The topological polar surface area (TPSA) is 84.9 Å². The van der Waals surface area contributed by atoms with E-state index in [0.29, 0.717) is 6.61 Å². The van der Waals surface area contributed by atoms with Crippen LogP contribution in [0.25, 0.3) is 0 Å². The second-order valence-corrected chi connectivity index (χ2v) is 5.22. The molecule has 106 valence electrons. The first kappa shape index (κ1) is 16.9. The van der Waals surface area contributed by atoms with Crippen LogP contribution in [0.3, 0.4) is 0 Å². The van der Waals surface area contributed by atoms with Crippen LogP contribution in [0.2, 0.25) is 0 Å². The lowest BCUT2D eigenvalue weighted by Crippen LogP contribution is -2.46. The number of carbonyl (C=O) groups excluding carboxylic acids is 1. The summed E-state index contributed by atoms with van der Waals surface area (Å²) in [4.78, 5) is 22.5. The molecule has 0 aromatic heterocycles. The van der Waals surface area contributed by atoms with Crippen LogP contribution in [0, 0.1) is 5.92 Å². The van der Waals surface area contributed by atoms with Crippen LogP contribution in [-0.4, -0.2) is 48.9 Å². The molecule has 0 saturated heterocycles. The van der Waals surface area contributed by atoms with Gasteiger partial charge in [-0.1, -0.05) is 6.92 Å². The van der Waals surface area contributed by atoms with Crippen LogP contribution >= 0.6 is 0 Å². The SMILES string of the molecule is COC[C@H](C)[C@H](NCC(=O)OC(C)(C)C)C(=O)O. The van der Waals surface area contributed by atoms with E-state index in [1.807, 2.05) is 0 Å². The van der Waals surface area contributed by atoms with Gasteiger partial charge < -0.3 is 14.6 Å². The molecule has 6 nitrogen and oxygen atoms in total. The van der Waals surface area contributed by atoms with E-state index in [4.69, 9.17) is 14.6 Å². The number of hydrogen-bond donors (Lipinski definition) is 2. The number of hydrogen-bond acceptors (Lipinski definition) is 5. The molecule has 18 heavy (non-hydrogen) atoms. The quantitative estimate of drug-likeness (QED) is 0.655. The summed E-state index contributed by atoms with van der Waals surface area (Å²) in [6.07, 6.45) is 0. The van der Waals surface area contributed by atoms with E-state index in [2.05, 4.69) is 5.32 Å². The molecule has 0 rings (SSSR count). The maximum absolute atomic E-state index is 11.5. The van der Waals surface area contributed by atoms with Crippen molar-refractivity contribution in [1.82, 2.24) is 5.32 Å². The molecule has 0 unspecified atom stereocenters. The first-order valence-electron chi connectivity index (χ1n) is 5.84. The molecule has 6 heteroatoms. The van der Waals surface area contributed by atoms with Gasteiger partial charge >= 0.3 is 11.9 Å². The predicted molar refractivity (Wildman–Crippen MR) is 66.3 cm³/mol. The summed E-state index contributed by atoms with van der Waals surface area (Å²) in [5.41, 5.74) is -0.574. The molecular formula is C12H23NO5. The lowest BCUT2D eigenvalue weighted by atomic mass is 10.0. The summed E-state index contributed by atoms with van der Waals surface area (Å²) in [6.45, 7) is 7.18. The Balaban J connectivity index is 4.28. The van der Waals surface area contributed by atoms with E-state index in [1.165, 1.54) is 7.11 Å². The van der Waals surface area contributed by atoms with Gasteiger partial charge in [0.2, 0.25) is 0 Å². The van der Waals surface area contributed by atoms with Gasteiger partial charge in [-0.2, -0.15) is 0 Å². The highest BCUT2D eigenvalue weighted by Gasteiger charge is 2.26. The number of nitrogens with one attached hydrogen (secondary N) is 1. The Morgan fingerprint density at radius 3 is 2.28 bits per heavy atom. The molecule has 0 saturated carbocycles. The van der Waals surface area contributed by atoms with Gasteiger partial charge in [0, 0.05) is 13.0 Å². The average Bonchev–Trinajstić information content (AvgIpc) is 2.14. The number of ether oxygens (including phenoxy) is 2. The van der Waals surface area contributed by atoms with Crippen molar-refractivity contribution >= 4 is 11.9 Å². The largest absolute Gasteiger partial charge is 0.480 e. The lowest BCUT2D eigenvalue weighted by molar-refractivity contribution is -0.154. The summed E-state index contributed by atoms with van der Waals surface area (Å²) in [6, 6.07) is -0.836.